The average Bonchev–Trinajstić information content (AvgIpc) is 2.21. The van der Waals surface area contributed by atoms with E-state index in [2.05, 4.69) is 15.9 Å². The van der Waals surface area contributed by atoms with Crippen LogP contribution in [0.5, 0.6) is 0 Å². The first-order valence-electron chi connectivity index (χ1n) is 4.54. The summed E-state index contributed by atoms with van der Waals surface area (Å²) >= 11 is 3.25. The van der Waals surface area contributed by atoms with Gasteiger partial charge in [-0.3, -0.25) is 0 Å². The Bertz CT molecular complexity index is 464. The van der Waals surface area contributed by atoms with Gasteiger partial charge in [0.1, 0.15) is 5.82 Å². The minimum atomic E-state index is -1.03. The zero-order valence-corrected chi connectivity index (χ0v) is 10.2. The Labute approximate surface area is 101 Å². The van der Waals surface area contributed by atoms with Crippen LogP contribution < -0.4 is 0 Å². The monoisotopic (exact) mass is 284 g/mol. The first-order chi connectivity index (χ1) is 7.50. The molecule has 2 nitrogen and oxygen atoms in total. The largest absolute Gasteiger partial charge is 0.478 e. The van der Waals surface area contributed by atoms with Gasteiger partial charge in [0, 0.05) is 16.1 Å². The molecule has 0 amide bonds. The van der Waals surface area contributed by atoms with Crippen molar-refractivity contribution < 1.29 is 14.3 Å². The molecule has 0 aliphatic carbocycles. The second kappa shape index (κ2) is 5.61. The van der Waals surface area contributed by atoms with Crippen LogP contribution in [0.15, 0.2) is 40.9 Å². The average molecular weight is 285 g/mol. The summed E-state index contributed by atoms with van der Waals surface area (Å²) in [4.78, 5) is 10.2. The van der Waals surface area contributed by atoms with Crippen LogP contribution in [0.4, 0.5) is 4.39 Å². The summed E-state index contributed by atoms with van der Waals surface area (Å²) < 4.78 is 14.2. The molecule has 0 bridgehead atoms. The molecule has 1 N–H and O–H groups in total. The fourth-order valence-corrected chi connectivity index (χ4v) is 1.53. The Balaban J connectivity index is 2.99. The highest BCUT2D eigenvalue weighted by Crippen LogP contribution is 2.22. The van der Waals surface area contributed by atoms with Gasteiger partial charge >= 0.3 is 5.97 Å². The number of hydrogen-bond acceptors (Lipinski definition) is 1. The van der Waals surface area contributed by atoms with E-state index in [4.69, 9.17) is 5.11 Å². The van der Waals surface area contributed by atoms with E-state index in [0.717, 1.165) is 10.5 Å². The van der Waals surface area contributed by atoms with Crippen LogP contribution in [0, 0.1) is 5.82 Å². The summed E-state index contributed by atoms with van der Waals surface area (Å²) in [5.41, 5.74) is 1.11. The number of halogens is 2. The Morgan fingerprint density at radius 3 is 2.81 bits per heavy atom. The van der Waals surface area contributed by atoms with E-state index in [1.165, 1.54) is 12.1 Å². The van der Waals surface area contributed by atoms with Crippen molar-refractivity contribution in [2.24, 2.45) is 0 Å². The van der Waals surface area contributed by atoms with Crippen molar-refractivity contribution in [2.75, 3.05) is 0 Å². The molecule has 0 aliphatic heterocycles. The Morgan fingerprint density at radius 2 is 2.19 bits per heavy atom. The van der Waals surface area contributed by atoms with E-state index >= 15 is 0 Å². The maximum atomic E-state index is 13.4. The van der Waals surface area contributed by atoms with Gasteiger partial charge < -0.3 is 5.11 Å². The first kappa shape index (κ1) is 12.6. The lowest BCUT2D eigenvalue weighted by molar-refractivity contribution is -0.131. The molecule has 16 heavy (non-hydrogen) atoms. The van der Waals surface area contributed by atoms with Crippen molar-refractivity contribution in [3.05, 3.63) is 52.3 Å². The van der Waals surface area contributed by atoms with E-state index in [-0.39, 0.29) is 5.82 Å². The van der Waals surface area contributed by atoms with E-state index < -0.39 is 5.97 Å². The van der Waals surface area contributed by atoms with Gasteiger partial charge in [0.25, 0.3) is 0 Å². The van der Waals surface area contributed by atoms with Crippen molar-refractivity contribution >= 4 is 27.5 Å². The quantitative estimate of drug-likeness (QED) is 0.680. The summed E-state index contributed by atoms with van der Waals surface area (Å²) in [6.45, 7) is 1.72. The van der Waals surface area contributed by atoms with E-state index in [9.17, 15) is 9.18 Å². The summed E-state index contributed by atoms with van der Waals surface area (Å²) in [7, 11) is 0. The molecule has 1 aromatic carbocycles. The molecule has 0 fully saturated rings. The number of benzene rings is 1. The van der Waals surface area contributed by atoms with Gasteiger partial charge in [-0.1, -0.05) is 28.1 Å². The van der Waals surface area contributed by atoms with Gasteiger partial charge in [-0.15, -0.1) is 0 Å². The molecule has 1 aromatic rings. The number of aliphatic carboxylic acids is 1. The molecule has 0 aliphatic rings. The van der Waals surface area contributed by atoms with Gasteiger partial charge in [-0.05, 0) is 30.7 Å². The van der Waals surface area contributed by atoms with Gasteiger partial charge in [-0.25, -0.2) is 9.18 Å². The molecule has 0 spiro atoms. The molecule has 84 valence electrons. The molecule has 0 saturated heterocycles. The third-order valence-corrected chi connectivity index (χ3v) is 2.43. The predicted molar refractivity (Wildman–Crippen MR) is 64.5 cm³/mol. The zero-order valence-electron chi connectivity index (χ0n) is 8.58. The molecule has 0 heterocycles. The van der Waals surface area contributed by atoms with Crippen LogP contribution in [-0.2, 0) is 4.79 Å². The van der Waals surface area contributed by atoms with Crippen molar-refractivity contribution in [1.82, 2.24) is 0 Å². The van der Waals surface area contributed by atoms with Crippen molar-refractivity contribution in [3.8, 4) is 0 Å². The van der Waals surface area contributed by atoms with Crippen LogP contribution >= 0.6 is 15.9 Å². The molecule has 4 heteroatoms. The molecular weight excluding hydrogens is 275 g/mol. The van der Waals surface area contributed by atoms with Gasteiger partial charge in [-0.2, -0.15) is 0 Å². The molecule has 0 aromatic heterocycles. The smallest absolute Gasteiger partial charge is 0.328 e. The van der Waals surface area contributed by atoms with Gasteiger partial charge in [0.05, 0.1) is 0 Å². The Morgan fingerprint density at radius 1 is 1.50 bits per heavy atom. The highest BCUT2D eigenvalue weighted by molar-refractivity contribution is 9.10. The molecule has 1 rings (SSSR count). The Kier molecular flexibility index (Phi) is 4.43. The summed E-state index contributed by atoms with van der Waals surface area (Å²) in [5.74, 6) is -1.36. The number of rotatable bonds is 3. The third kappa shape index (κ3) is 3.62. The van der Waals surface area contributed by atoms with E-state index in [1.807, 2.05) is 0 Å². The van der Waals surface area contributed by atoms with Crippen LogP contribution in [0.3, 0.4) is 0 Å². The van der Waals surface area contributed by atoms with Crippen molar-refractivity contribution in [2.45, 2.75) is 6.92 Å². The third-order valence-electron chi connectivity index (χ3n) is 1.94. The number of carbonyl (C=O) groups is 1. The first-order valence-corrected chi connectivity index (χ1v) is 5.33. The lowest BCUT2D eigenvalue weighted by Crippen LogP contribution is -1.87. The normalized spacial score (nSPS) is 12.1. The van der Waals surface area contributed by atoms with Crippen molar-refractivity contribution in [1.29, 1.82) is 0 Å². The van der Waals surface area contributed by atoms with Crippen LogP contribution in [0.1, 0.15) is 12.5 Å². The second-order valence-corrected chi connectivity index (χ2v) is 4.09. The van der Waals surface area contributed by atoms with Gasteiger partial charge in [0.15, 0.2) is 0 Å². The van der Waals surface area contributed by atoms with E-state index in [0.29, 0.717) is 11.1 Å². The van der Waals surface area contributed by atoms with Crippen LogP contribution in [-0.4, -0.2) is 11.1 Å². The number of allylic oxidation sites excluding steroid dienone is 3. The Hall–Kier alpha value is -1.42. The highest BCUT2D eigenvalue weighted by Gasteiger charge is 2.03. The summed E-state index contributed by atoms with van der Waals surface area (Å²) in [6, 6.07) is 4.62. The topological polar surface area (TPSA) is 37.3 Å². The number of carboxylic acids is 1. The molecule has 0 radical (unpaired) electrons. The summed E-state index contributed by atoms with van der Waals surface area (Å²) in [6.07, 6.45) is 3.93. The molecule has 0 atom stereocenters. The fourth-order valence-electron chi connectivity index (χ4n) is 1.16. The lowest BCUT2D eigenvalue weighted by atomic mass is 10.1. The van der Waals surface area contributed by atoms with Crippen molar-refractivity contribution in [3.63, 3.8) is 0 Å². The predicted octanol–water partition coefficient (Wildman–Crippen LogP) is 3.63. The van der Waals surface area contributed by atoms with Crippen LogP contribution in [0.25, 0.3) is 5.57 Å². The lowest BCUT2D eigenvalue weighted by Gasteiger charge is -2.03. The number of hydrogen-bond donors (Lipinski definition) is 1. The fraction of sp³-hybridized carbons (Fsp3) is 0.0833. The SMILES string of the molecule is C/C(=C\C=C\C(=O)O)c1cc(Br)ccc1F. The maximum Gasteiger partial charge on any atom is 0.328 e. The standard InChI is InChI=1S/C12H10BrFO2/c1-8(3-2-4-12(15)16)10-7-9(13)5-6-11(10)14/h2-7H,1H3,(H,15,16)/b4-2+,8-3+. The minimum absolute atomic E-state index is 0.333. The molecular formula is C12H10BrFO2. The summed E-state index contributed by atoms with van der Waals surface area (Å²) in [5, 5.41) is 8.40. The van der Waals surface area contributed by atoms with Crippen LogP contribution in [0.2, 0.25) is 0 Å². The number of carboxylic acid groups (broad SMARTS) is 1. The van der Waals surface area contributed by atoms with Gasteiger partial charge in [0.2, 0.25) is 0 Å². The molecule has 0 saturated carbocycles. The maximum absolute atomic E-state index is 13.4. The molecule has 0 unspecified atom stereocenters. The second-order valence-electron chi connectivity index (χ2n) is 3.17. The zero-order chi connectivity index (χ0) is 12.1. The van der Waals surface area contributed by atoms with E-state index in [1.54, 1.807) is 25.1 Å². The minimum Gasteiger partial charge on any atom is -0.478 e. The highest BCUT2D eigenvalue weighted by atomic mass is 79.9.